The molecule has 2 rings (SSSR count). The van der Waals surface area contributed by atoms with Gasteiger partial charge in [-0.1, -0.05) is 0 Å². The van der Waals surface area contributed by atoms with Crippen molar-refractivity contribution >= 4 is 33.1 Å². The molecule has 0 unspecified atom stereocenters. The highest BCUT2D eigenvalue weighted by molar-refractivity contribution is 9.11. The van der Waals surface area contributed by atoms with Gasteiger partial charge in [0.15, 0.2) is 0 Å². The molecule has 2 heterocycles. The van der Waals surface area contributed by atoms with Crippen molar-refractivity contribution < 1.29 is 0 Å². The fourth-order valence-electron chi connectivity index (χ4n) is 1.21. The van der Waals surface area contributed by atoms with E-state index in [2.05, 4.69) is 27.1 Å². The number of hydrogen-bond acceptors (Lipinski definition) is 3. The predicted molar refractivity (Wildman–Crippen MR) is 62.5 cm³/mol. The molecule has 2 aromatic rings. The summed E-state index contributed by atoms with van der Waals surface area (Å²) in [6.45, 7) is 2.75. The lowest BCUT2D eigenvalue weighted by Gasteiger charge is -1.96. The number of aryl methyl sites for hydroxylation is 1. The van der Waals surface area contributed by atoms with Crippen LogP contribution < -0.4 is 5.73 Å². The first kappa shape index (κ1) is 9.73. The molecule has 0 atom stereocenters. The highest BCUT2D eigenvalue weighted by Crippen LogP contribution is 2.23. The quantitative estimate of drug-likeness (QED) is 0.913. The van der Waals surface area contributed by atoms with Crippen LogP contribution in [0.3, 0.4) is 0 Å². The summed E-state index contributed by atoms with van der Waals surface area (Å²) < 4.78 is 3.01. The Morgan fingerprint density at radius 1 is 1.57 bits per heavy atom. The molecular formula is C9H10BrN3S. The molecule has 0 fully saturated rings. The van der Waals surface area contributed by atoms with Crippen LogP contribution in [0.4, 0.5) is 5.82 Å². The maximum Gasteiger partial charge on any atom is 0.148 e. The predicted octanol–water partition coefficient (Wildman–Crippen LogP) is 2.65. The number of nitrogens with zero attached hydrogens (tertiary/aromatic N) is 2. The Morgan fingerprint density at radius 2 is 2.36 bits per heavy atom. The van der Waals surface area contributed by atoms with Gasteiger partial charge in [-0.2, -0.15) is 5.10 Å². The molecular weight excluding hydrogens is 262 g/mol. The summed E-state index contributed by atoms with van der Waals surface area (Å²) in [5, 5.41) is 4.20. The largest absolute Gasteiger partial charge is 0.382 e. The monoisotopic (exact) mass is 271 g/mol. The van der Waals surface area contributed by atoms with E-state index in [1.54, 1.807) is 11.3 Å². The summed E-state index contributed by atoms with van der Waals surface area (Å²) in [6, 6.07) is 4.13. The average molecular weight is 272 g/mol. The number of halogens is 1. The smallest absolute Gasteiger partial charge is 0.148 e. The standard InChI is InChI=1S/C9H10BrN3S/c1-6-4-13(12-9(6)11)5-7-2-3-8(10)14-7/h2-4H,5H2,1H3,(H2,11,12). The van der Waals surface area contributed by atoms with Crippen LogP contribution in [0.1, 0.15) is 10.4 Å². The summed E-state index contributed by atoms with van der Waals surface area (Å²) in [4.78, 5) is 1.26. The molecule has 0 aliphatic heterocycles. The summed E-state index contributed by atoms with van der Waals surface area (Å²) in [7, 11) is 0. The second-order valence-electron chi connectivity index (χ2n) is 3.10. The maximum atomic E-state index is 5.66. The SMILES string of the molecule is Cc1cn(Cc2ccc(Br)s2)nc1N. The van der Waals surface area contributed by atoms with E-state index >= 15 is 0 Å². The lowest BCUT2D eigenvalue weighted by Crippen LogP contribution is -1.99. The van der Waals surface area contributed by atoms with Crippen molar-refractivity contribution in [2.24, 2.45) is 0 Å². The van der Waals surface area contributed by atoms with Crippen LogP contribution in [0.25, 0.3) is 0 Å². The highest BCUT2D eigenvalue weighted by Gasteiger charge is 2.03. The Balaban J connectivity index is 2.18. The van der Waals surface area contributed by atoms with Crippen LogP contribution >= 0.6 is 27.3 Å². The van der Waals surface area contributed by atoms with Crippen LogP contribution in [0, 0.1) is 6.92 Å². The van der Waals surface area contributed by atoms with Crippen molar-refractivity contribution in [3.63, 3.8) is 0 Å². The summed E-state index contributed by atoms with van der Waals surface area (Å²) in [5.74, 6) is 0.612. The molecule has 0 amide bonds. The summed E-state index contributed by atoms with van der Waals surface area (Å²) >= 11 is 5.14. The molecule has 2 N–H and O–H groups in total. The van der Waals surface area contributed by atoms with E-state index < -0.39 is 0 Å². The van der Waals surface area contributed by atoms with Gasteiger partial charge in [-0.3, -0.25) is 4.68 Å². The van der Waals surface area contributed by atoms with Gasteiger partial charge >= 0.3 is 0 Å². The van der Waals surface area contributed by atoms with E-state index in [-0.39, 0.29) is 0 Å². The topological polar surface area (TPSA) is 43.8 Å². The number of nitrogens with two attached hydrogens (primary N) is 1. The Kier molecular flexibility index (Phi) is 2.60. The zero-order valence-corrected chi connectivity index (χ0v) is 10.1. The molecule has 0 aliphatic carbocycles. The molecule has 0 spiro atoms. The van der Waals surface area contributed by atoms with Crippen molar-refractivity contribution in [2.75, 3.05) is 5.73 Å². The van der Waals surface area contributed by atoms with Gasteiger partial charge in [-0.05, 0) is 35.0 Å². The fraction of sp³-hybridized carbons (Fsp3) is 0.222. The fourth-order valence-corrected chi connectivity index (χ4v) is 2.69. The Bertz CT molecular complexity index is 427. The molecule has 74 valence electrons. The van der Waals surface area contributed by atoms with E-state index in [9.17, 15) is 0 Å². The Morgan fingerprint density at radius 3 is 2.86 bits per heavy atom. The van der Waals surface area contributed by atoms with Gasteiger partial charge in [0.25, 0.3) is 0 Å². The number of thiophene rings is 1. The van der Waals surface area contributed by atoms with E-state index in [1.165, 1.54) is 4.88 Å². The van der Waals surface area contributed by atoms with Gasteiger partial charge in [-0.25, -0.2) is 0 Å². The molecule has 0 bridgehead atoms. The average Bonchev–Trinajstić information content (AvgIpc) is 2.62. The number of aromatic nitrogens is 2. The van der Waals surface area contributed by atoms with Crippen molar-refractivity contribution in [1.82, 2.24) is 9.78 Å². The zero-order chi connectivity index (χ0) is 10.1. The summed E-state index contributed by atoms with van der Waals surface area (Å²) in [6.07, 6.45) is 1.96. The van der Waals surface area contributed by atoms with E-state index in [4.69, 9.17) is 5.73 Å². The van der Waals surface area contributed by atoms with Gasteiger partial charge in [0, 0.05) is 16.6 Å². The van der Waals surface area contributed by atoms with Crippen molar-refractivity contribution in [1.29, 1.82) is 0 Å². The summed E-state index contributed by atoms with van der Waals surface area (Å²) in [5.41, 5.74) is 6.69. The molecule has 0 radical (unpaired) electrons. The van der Waals surface area contributed by atoms with Gasteiger partial charge in [-0.15, -0.1) is 11.3 Å². The van der Waals surface area contributed by atoms with Crippen LogP contribution in [-0.4, -0.2) is 9.78 Å². The second kappa shape index (κ2) is 3.74. The molecule has 3 nitrogen and oxygen atoms in total. The number of rotatable bonds is 2. The molecule has 14 heavy (non-hydrogen) atoms. The van der Waals surface area contributed by atoms with Gasteiger partial charge in [0.1, 0.15) is 5.82 Å². The van der Waals surface area contributed by atoms with Crippen LogP contribution in [0.5, 0.6) is 0 Å². The number of hydrogen-bond donors (Lipinski definition) is 1. The lowest BCUT2D eigenvalue weighted by atomic mass is 10.4. The third-order valence-corrected chi connectivity index (χ3v) is 3.54. The number of nitrogen functional groups attached to an aromatic ring is 1. The van der Waals surface area contributed by atoms with Crippen molar-refractivity contribution in [2.45, 2.75) is 13.5 Å². The Labute approximate surface area is 94.7 Å². The van der Waals surface area contributed by atoms with E-state index in [0.717, 1.165) is 15.9 Å². The molecule has 2 aromatic heterocycles. The first-order chi connectivity index (χ1) is 6.65. The van der Waals surface area contributed by atoms with Crippen LogP contribution in [-0.2, 0) is 6.54 Å². The minimum absolute atomic E-state index is 0.612. The first-order valence-electron chi connectivity index (χ1n) is 4.19. The highest BCUT2D eigenvalue weighted by atomic mass is 79.9. The van der Waals surface area contributed by atoms with Gasteiger partial charge < -0.3 is 5.73 Å². The lowest BCUT2D eigenvalue weighted by molar-refractivity contribution is 0.698. The molecule has 0 aromatic carbocycles. The third kappa shape index (κ3) is 1.99. The second-order valence-corrected chi connectivity index (χ2v) is 5.65. The van der Waals surface area contributed by atoms with Crippen molar-refractivity contribution in [3.05, 3.63) is 32.6 Å². The zero-order valence-electron chi connectivity index (χ0n) is 7.70. The third-order valence-electron chi connectivity index (χ3n) is 1.93. The molecule has 5 heteroatoms. The molecule has 0 saturated heterocycles. The minimum Gasteiger partial charge on any atom is -0.382 e. The first-order valence-corrected chi connectivity index (χ1v) is 5.80. The minimum atomic E-state index is 0.612. The van der Waals surface area contributed by atoms with Crippen LogP contribution in [0.2, 0.25) is 0 Å². The molecule has 0 saturated carbocycles. The van der Waals surface area contributed by atoms with Gasteiger partial charge in [0.2, 0.25) is 0 Å². The van der Waals surface area contributed by atoms with Crippen molar-refractivity contribution in [3.8, 4) is 0 Å². The van der Waals surface area contributed by atoms with E-state index in [1.807, 2.05) is 23.9 Å². The normalized spacial score (nSPS) is 10.7. The van der Waals surface area contributed by atoms with Crippen LogP contribution in [0.15, 0.2) is 22.1 Å². The molecule has 0 aliphatic rings. The number of anilines is 1. The van der Waals surface area contributed by atoms with Gasteiger partial charge in [0.05, 0.1) is 10.3 Å². The Hall–Kier alpha value is -0.810. The van der Waals surface area contributed by atoms with E-state index in [0.29, 0.717) is 5.82 Å². The maximum absolute atomic E-state index is 5.66.